The molecule has 0 radical (unpaired) electrons. The quantitative estimate of drug-likeness (QED) is 0.398. The van der Waals surface area contributed by atoms with E-state index in [1.165, 1.54) is 0 Å². The third-order valence-electron chi connectivity index (χ3n) is 7.31. The Bertz CT molecular complexity index is 1430. The number of aromatic hydroxyl groups is 1. The first kappa shape index (κ1) is 22.4. The van der Waals surface area contributed by atoms with Gasteiger partial charge in [0.15, 0.2) is 0 Å². The van der Waals surface area contributed by atoms with Crippen LogP contribution in [0.3, 0.4) is 0 Å². The molecule has 0 bridgehead atoms. The number of ether oxygens (including phenoxy) is 1. The van der Waals surface area contributed by atoms with E-state index in [1.54, 1.807) is 19.2 Å². The summed E-state index contributed by atoms with van der Waals surface area (Å²) in [5.74, 6) is 0.883. The van der Waals surface area contributed by atoms with Gasteiger partial charge in [-0.05, 0) is 48.0 Å². The molecule has 182 valence electrons. The molecule has 6 rings (SSSR count). The second-order valence-electron chi connectivity index (χ2n) is 9.53. The smallest absolute Gasteiger partial charge is 0.257 e. The monoisotopic (exact) mass is 480 g/mol. The molecule has 3 aromatic carbocycles. The third-order valence-corrected chi connectivity index (χ3v) is 7.31. The highest BCUT2D eigenvalue weighted by atomic mass is 16.5. The zero-order chi connectivity index (χ0) is 24.8. The molecule has 1 aliphatic carbocycles. The minimum Gasteiger partial charge on any atom is -0.508 e. The highest BCUT2D eigenvalue weighted by Crippen LogP contribution is 2.43. The summed E-state index contributed by atoms with van der Waals surface area (Å²) in [6.07, 6.45) is 0.712. The van der Waals surface area contributed by atoms with Gasteiger partial charge < -0.3 is 19.6 Å². The van der Waals surface area contributed by atoms with Crippen molar-refractivity contribution in [2.45, 2.75) is 6.42 Å². The van der Waals surface area contributed by atoms with Gasteiger partial charge in [-0.3, -0.25) is 9.89 Å². The van der Waals surface area contributed by atoms with Crippen molar-refractivity contribution < 1.29 is 14.6 Å². The lowest BCUT2D eigenvalue weighted by Crippen LogP contribution is -2.47. The number of benzene rings is 3. The number of hydrogen-bond acceptors (Lipinski definition) is 5. The Morgan fingerprint density at radius 3 is 2.25 bits per heavy atom. The summed E-state index contributed by atoms with van der Waals surface area (Å²) in [5, 5.41) is 17.4. The van der Waals surface area contributed by atoms with Crippen LogP contribution in [0.25, 0.3) is 33.6 Å². The molecular formula is C29H28N4O3. The number of nitrogens with one attached hydrogen (secondary N) is 1. The fraction of sp³-hybridized carbons (Fsp3) is 0.241. The minimum atomic E-state index is 0.0291. The van der Waals surface area contributed by atoms with Crippen LogP contribution in [-0.4, -0.2) is 71.3 Å². The number of carbonyl (C=O) groups is 1. The van der Waals surface area contributed by atoms with Gasteiger partial charge in [0.25, 0.3) is 5.91 Å². The van der Waals surface area contributed by atoms with Gasteiger partial charge in [0.2, 0.25) is 0 Å². The lowest BCUT2D eigenvalue weighted by Gasteiger charge is -2.32. The topological polar surface area (TPSA) is 81.7 Å². The van der Waals surface area contributed by atoms with Gasteiger partial charge in [0.05, 0.1) is 24.1 Å². The SMILES string of the molecule is COc1cc2c(cc1C(=O)N1CCN(C)CC1)Cc1c(-c3ccc(-c4ccc(O)cc4)cc3)n[nH]c1-2. The van der Waals surface area contributed by atoms with Gasteiger partial charge in [-0.15, -0.1) is 0 Å². The Labute approximate surface area is 209 Å². The number of nitrogens with zero attached hydrogens (tertiary/aromatic N) is 3. The maximum Gasteiger partial charge on any atom is 0.257 e. The van der Waals surface area contributed by atoms with Crippen LogP contribution in [0.5, 0.6) is 11.5 Å². The molecule has 0 saturated carbocycles. The summed E-state index contributed by atoms with van der Waals surface area (Å²) in [7, 11) is 3.70. The molecule has 1 aromatic heterocycles. The number of amides is 1. The van der Waals surface area contributed by atoms with E-state index in [0.717, 1.165) is 70.9 Å². The van der Waals surface area contributed by atoms with Crippen molar-refractivity contribution in [3.05, 3.63) is 77.4 Å². The van der Waals surface area contributed by atoms with E-state index in [9.17, 15) is 9.90 Å². The first-order valence-electron chi connectivity index (χ1n) is 12.2. The average Bonchev–Trinajstić information content (AvgIpc) is 3.47. The Hall–Kier alpha value is -4.10. The van der Waals surface area contributed by atoms with E-state index in [-0.39, 0.29) is 11.7 Å². The van der Waals surface area contributed by atoms with Crippen LogP contribution in [0.4, 0.5) is 0 Å². The summed E-state index contributed by atoms with van der Waals surface area (Å²) in [5.41, 5.74) is 8.96. The molecular weight excluding hydrogens is 452 g/mol. The number of piperazine rings is 1. The van der Waals surface area contributed by atoms with Crippen LogP contribution in [0.15, 0.2) is 60.7 Å². The Morgan fingerprint density at radius 2 is 1.58 bits per heavy atom. The molecule has 36 heavy (non-hydrogen) atoms. The van der Waals surface area contributed by atoms with Gasteiger partial charge in [0, 0.05) is 49.3 Å². The lowest BCUT2D eigenvalue weighted by molar-refractivity contribution is 0.0660. The van der Waals surface area contributed by atoms with E-state index in [1.807, 2.05) is 29.2 Å². The van der Waals surface area contributed by atoms with Gasteiger partial charge in [-0.25, -0.2) is 0 Å². The molecule has 1 amide bonds. The van der Waals surface area contributed by atoms with Crippen molar-refractivity contribution in [1.82, 2.24) is 20.0 Å². The molecule has 2 heterocycles. The molecule has 7 heteroatoms. The van der Waals surface area contributed by atoms with Crippen molar-refractivity contribution in [2.75, 3.05) is 40.3 Å². The van der Waals surface area contributed by atoms with Crippen LogP contribution in [0.2, 0.25) is 0 Å². The van der Waals surface area contributed by atoms with Crippen molar-refractivity contribution in [1.29, 1.82) is 0 Å². The number of phenolic OH excluding ortho intramolecular Hbond substituents is 1. The predicted molar refractivity (Wildman–Crippen MR) is 139 cm³/mol. The largest absolute Gasteiger partial charge is 0.508 e. The molecule has 2 N–H and O–H groups in total. The van der Waals surface area contributed by atoms with Crippen molar-refractivity contribution in [3.63, 3.8) is 0 Å². The third kappa shape index (κ3) is 3.82. The summed E-state index contributed by atoms with van der Waals surface area (Å²) >= 11 is 0. The molecule has 1 aliphatic heterocycles. The van der Waals surface area contributed by atoms with Crippen LogP contribution < -0.4 is 4.74 Å². The van der Waals surface area contributed by atoms with Crippen LogP contribution >= 0.6 is 0 Å². The number of methoxy groups -OCH3 is 1. The van der Waals surface area contributed by atoms with E-state index in [2.05, 4.69) is 46.4 Å². The number of phenols is 1. The number of likely N-dealkylation sites (N-methyl/N-ethyl adjacent to an activating group) is 1. The molecule has 0 unspecified atom stereocenters. The summed E-state index contributed by atoms with van der Waals surface area (Å²) in [6.45, 7) is 3.21. The zero-order valence-corrected chi connectivity index (χ0v) is 20.4. The molecule has 1 fully saturated rings. The first-order valence-corrected chi connectivity index (χ1v) is 12.2. The van der Waals surface area contributed by atoms with E-state index < -0.39 is 0 Å². The lowest BCUT2D eigenvalue weighted by atomic mass is 10.0. The van der Waals surface area contributed by atoms with Crippen molar-refractivity contribution in [2.24, 2.45) is 0 Å². The zero-order valence-electron chi connectivity index (χ0n) is 20.4. The van der Waals surface area contributed by atoms with Gasteiger partial charge in [-0.1, -0.05) is 36.4 Å². The Morgan fingerprint density at radius 1 is 0.944 bits per heavy atom. The maximum absolute atomic E-state index is 13.3. The van der Waals surface area contributed by atoms with Crippen LogP contribution in [0.1, 0.15) is 21.5 Å². The molecule has 1 saturated heterocycles. The van der Waals surface area contributed by atoms with Gasteiger partial charge >= 0.3 is 0 Å². The number of fused-ring (bicyclic) bond motifs is 3. The standard InChI is InChI=1S/C29H28N4O3/c1-32-11-13-33(14-12-32)29(35)24-15-21-16-25-27(30-31-28(25)23(21)17-26(24)36-2)20-5-3-18(4-6-20)19-7-9-22(34)10-8-19/h3-10,15,17,34H,11-14,16H2,1-2H3,(H,30,31). The highest BCUT2D eigenvalue weighted by molar-refractivity contribution is 5.99. The Balaban J connectivity index is 1.29. The van der Waals surface area contributed by atoms with Crippen molar-refractivity contribution >= 4 is 5.91 Å². The number of rotatable bonds is 4. The summed E-state index contributed by atoms with van der Waals surface area (Å²) in [4.78, 5) is 17.5. The Kier molecular flexibility index (Phi) is 5.49. The normalized spacial score (nSPS) is 15.0. The van der Waals surface area contributed by atoms with Crippen LogP contribution in [0, 0.1) is 0 Å². The van der Waals surface area contributed by atoms with E-state index in [4.69, 9.17) is 4.74 Å². The summed E-state index contributed by atoms with van der Waals surface area (Å²) < 4.78 is 5.66. The van der Waals surface area contributed by atoms with Crippen molar-refractivity contribution in [3.8, 4) is 45.1 Å². The number of H-pyrrole nitrogens is 1. The number of aromatic nitrogens is 2. The number of carbonyl (C=O) groups excluding carboxylic acids is 1. The molecule has 7 nitrogen and oxygen atoms in total. The van der Waals surface area contributed by atoms with E-state index >= 15 is 0 Å². The second-order valence-corrected chi connectivity index (χ2v) is 9.53. The van der Waals surface area contributed by atoms with E-state index in [0.29, 0.717) is 17.7 Å². The number of hydrogen-bond donors (Lipinski definition) is 2. The first-order chi connectivity index (χ1) is 17.5. The highest BCUT2D eigenvalue weighted by Gasteiger charge is 2.30. The fourth-order valence-electron chi connectivity index (χ4n) is 5.18. The fourth-order valence-corrected chi connectivity index (χ4v) is 5.18. The maximum atomic E-state index is 13.3. The van der Waals surface area contributed by atoms with Gasteiger partial charge in [-0.2, -0.15) is 5.10 Å². The molecule has 0 atom stereocenters. The number of aromatic amines is 1. The van der Waals surface area contributed by atoms with Crippen LogP contribution in [-0.2, 0) is 6.42 Å². The summed E-state index contributed by atoms with van der Waals surface area (Å²) in [6, 6.07) is 19.5. The molecule has 2 aliphatic rings. The average molecular weight is 481 g/mol. The molecule has 0 spiro atoms. The molecule has 4 aromatic rings. The van der Waals surface area contributed by atoms with Gasteiger partial charge in [0.1, 0.15) is 11.5 Å². The predicted octanol–water partition coefficient (Wildman–Crippen LogP) is 4.42. The second kappa shape index (κ2) is 8.84. The minimum absolute atomic E-state index is 0.0291.